The first kappa shape index (κ1) is 15.9. The number of nitrogens with zero attached hydrogens (tertiary/aromatic N) is 2. The molecule has 2 aromatic rings. The molecule has 1 unspecified atom stereocenters. The third-order valence-electron chi connectivity index (χ3n) is 3.61. The van der Waals surface area contributed by atoms with Crippen LogP contribution in [0.5, 0.6) is 5.75 Å². The average Bonchev–Trinajstić information content (AvgIpc) is 2.91. The Bertz CT molecular complexity index is 610. The zero-order valence-corrected chi connectivity index (χ0v) is 13.7. The zero-order valence-electron chi connectivity index (χ0n) is 13.0. The molecule has 0 saturated heterocycles. The second-order valence-corrected chi connectivity index (χ2v) is 5.27. The van der Waals surface area contributed by atoms with Gasteiger partial charge >= 0.3 is 0 Å². The Morgan fingerprint density at radius 2 is 2.10 bits per heavy atom. The molecule has 1 heterocycles. The Morgan fingerprint density at radius 3 is 2.67 bits per heavy atom. The van der Waals surface area contributed by atoms with E-state index in [0.717, 1.165) is 35.7 Å². The number of methoxy groups -OCH3 is 1. The second-order valence-electron chi connectivity index (χ2n) is 4.84. The molecule has 0 aliphatic rings. The molecular weight excluding hydrogens is 286 g/mol. The van der Waals surface area contributed by atoms with Crippen molar-refractivity contribution in [2.75, 3.05) is 14.2 Å². The topological polar surface area (TPSA) is 39.1 Å². The van der Waals surface area contributed by atoms with Gasteiger partial charge in [-0.25, -0.2) is 0 Å². The molecular formula is C16H22ClN3O. The van der Waals surface area contributed by atoms with Crippen molar-refractivity contribution < 1.29 is 4.74 Å². The summed E-state index contributed by atoms with van der Waals surface area (Å²) in [6.07, 6.45) is 0.920. The summed E-state index contributed by atoms with van der Waals surface area (Å²) in [5.74, 6) is 0.820. The Hall–Kier alpha value is -1.52. The summed E-state index contributed by atoms with van der Waals surface area (Å²) in [5.41, 5.74) is 3.23. The van der Waals surface area contributed by atoms with Crippen LogP contribution in [-0.4, -0.2) is 23.9 Å². The lowest BCUT2D eigenvalue weighted by Crippen LogP contribution is -2.22. The molecule has 2 rings (SSSR count). The Morgan fingerprint density at radius 1 is 1.33 bits per heavy atom. The van der Waals surface area contributed by atoms with Crippen LogP contribution in [0, 0.1) is 0 Å². The van der Waals surface area contributed by atoms with Crippen LogP contribution in [0.15, 0.2) is 24.3 Å². The molecule has 0 amide bonds. The molecule has 0 aliphatic heterocycles. The van der Waals surface area contributed by atoms with E-state index in [1.165, 1.54) is 0 Å². The third kappa shape index (κ3) is 3.22. The lowest BCUT2D eigenvalue weighted by Gasteiger charge is -2.20. The number of ether oxygens (including phenoxy) is 1. The summed E-state index contributed by atoms with van der Waals surface area (Å²) < 4.78 is 7.51. The van der Waals surface area contributed by atoms with Gasteiger partial charge in [-0.05, 0) is 44.7 Å². The maximum absolute atomic E-state index is 6.16. The summed E-state index contributed by atoms with van der Waals surface area (Å²) >= 11 is 6.16. The van der Waals surface area contributed by atoms with E-state index in [2.05, 4.69) is 30.3 Å². The predicted molar refractivity (Wildman–Crippen MR) is 86.2 cm³/mol. The van der Waals surface area contributed by atoms with Crippen molar-refractivity contribution in [1.82, 2.24) is 15.1 Å². The van der Waals surface area contributed by atoms with Crippen molar-refractivity contribution in [1.29, 1.82) is 0 Å². The maximum Gasteiger partial charge on any atom is 0.124 e. The molecule has 0 radical (unpaired) electrons. The Balaban J connectivity index is 2.53. The molecule has 0 aliphatic carbocycles. The van der Waals surface area contributed by atoms with Gasteiger partial charge in [-0.15, -0.1) is 0 Å². The summed E-state index contributed by atoms with van der Waals surface area (Å²) in [7, 11) is 3.61. The fraction of sp³-hybridized carbons (Fsp3) is 0.438. The molecule has 4 nitrogen and oxygen atoms in total. The highest BCUT2D eigenvalue weighted by Crippen LogP contribution is 2.32. The van der Waals surface area contributed by atoms with E-state index in [1.807, 2.05) is 29.9 Å². The van der Waals surface area contributed by atoms with Gasteiger partial charge in [0.1, 0.15) is 5.75 Å². The van der Waals surface area contributed by atoms with E-state index in [-0.39, 0.29) is 6.04 Å². The number of nitrogens with one attached hydrogen (secondary N) is 1. The van der Waals surface area contributed by atoms with Crippen molar-refractivity contribution in [2.45, 2.75) is 32.9 Å². The van der Waals surface area contributed by atoms with Crippen LogP contribution in [0.4, 0.5) is 0 Å². The Labute approximate surface area is 131 Å². The molecule has 1 atom stereocenters. The number of hydrogen-bond acceptors (Lipinski definition) is 3. The molecule has 21 heavy (non-hydrogen) atoms. The van der Waals surface area contributed by atoms with Crippen molar-refractivity contribution >= 4 is 11.6 Å². The van der Waals surface area contributed by atoms with Crippen LogP contribution >= 0.6 is 11.6 Å². The highest BCUT2D eigenvalue weighted by atomic mass is 35.5. The van der Waals surface area contributed by atoms with E-state index in [9.17, 15) is 0 Å². The minimum atomic E-state index is -0.00796. The van der Waals surface area contributed by atoms with Gasteiger partial charge in [0.25, 0.3) is 0 Å². The molecule has 1 aromatic carbocycles. The highest BCUT2D eigenvalue weighted by Gasteiger charge is 2.21. The lowest BCUT2D eigenvalue weighted by atomic mass is 10.0. The molecule has 1 N–H and O–H groups in total. The number of aromatic nitrogens is 2. The first-order valence-electron chi connectivity index (χ1n) is 7.21. The van der Waals surface area contributed by atoms with Crippen molar-refractivity contribution in [2.24, 2.45) is 0 Å². The van der Waals surface area contributed by atoms with Gasteiger partial charge in [-0.3, -0.25) is 4.68 Å². The number of hydrogen-bond donors (Lipinski definition) is 1. The van der Waals surface area contributed by atoms with Gasteiger partial charge in [0.15, 0.2) is 0 Å². The quantitative estimate of drug-likeness (QED) is 0.888. The maximum atomic E-state index is 6.16. The van der Waals surface area contributed by atoms with Crippen LogP contribution in [0.25, 0.3) is 0 Å². The monoisotopic (exact) mass is 307 g/mol. The van der Waals surface area contributed by atoms with Crippen LogP contribution in [-0.2, 0) is 13.0 Å². The van der Waals surface area contributed by atoms with E-state index in [0.29, 0.717) is 5.02 Å². The lowest BCUT2D eigenvalue weighted by molar-refractivity contribution is 0.403. The largest absolute Gasteiger partial charge is 0.496 e. The number of benzene rings is 1. The van der Waals surface area contributed by atoms with Crippen LogP contribution in [0.1, 0.15) is 36.8 Å². The summed E-state index contributed by atoms with van der Waals surface area (Å²) in [5, 5.41) is 8.67. The first-order chi connectivity index (χ1) is 10.1. The van der Waals surface area contributed by atoms with Gasteiger partial charge in [0, 0.05) is 17.1 Å². The van der Waals surface area contributed by atoms with Crippen molar-refractivity contribution in [3.05, 3.63) is 46.2 Å². The SMILES string of the molecule is CCc1cc(C(NC)c2cc(Cl)ccc2OC)n(CC)n1. The summed E-state index contributed by atoms with van der Waals surface area (Å²) in [6.45, 7) is 5.04. The fourth-order valence-corrected chi connectivity index (χ4v) is 2.72. The second kappa shape index (κ2) is 6.96. The third-order valence-corrected chi connectivity index (χ3v) is 3.85. The molecule has 0 spiro atoms. The standard InChI is InChI=1S/C16H22ClN3O/c1-5-12-10-14(20(6-2)19-12)16(18-3)13-9-11(17)7-8-15(13)21-4/h7-10,16,18H,5-6H2,1-4H3. The minimum Gasteiger partial charge on any atom is -0.496 e. The highest BCUT2D eigenvalue weighted by molar-refractivity contribution is 6.30. The van der Waals surface area contributed by atoms with Gasteiger partial charge in [-0.1, -0.05) is 18.5 Å². The Kier molecular flexibility index (Phi) is 5.26. The van der Waals surface area contributed by atoms with Gasteiger partial charge in [0.05, 0.1) is 24.5 Å². The van der Waals surface area contributed by atoms with E-state index < -0.39 is 0 Å². The molecule has 1 aromatic heterocycles. The van der Waals surface area contributed by atoms with Crippen LogP contribution in [0.2, 0.25) is 5.02 Å². The van der Waals surface area contributed by atoms with Crippen LogP contribution in [0.3, 0.4) is 0 Å². The molecule has 5 heteroatoms. The average molecular weight is 308 g/mol. The van der Waals surface area contributed by atoms with Crippen molar-refractivity contribution in [3.8, 4) is 5.75 Å². The zero-order chi connectivity index (χ0) is 15.4. The van der Waals surface area contributed by atoms with Crippen molar-refractivity contribution in [3.63, 3.8) is 0 Å². The predicted octanol–water partition coefficient (Wildman–Crippen LogP) is 3.44. The van der Waals surface area contributed by atoms with Gasteiger partial charge in [0.2, 0.25) is 0 Å². The molecule has 0 bridgehead atoms. The number of halogens is 1. The van der Waals surface area contributed by atoms with Crippen LogP contribution < -0.4 is 10.1 Å². The molecule has 0 saturated carbocycles. The summed E-state index contributed by atoms with van der Waals surface area (Å²) in [4.78, 5) is 0. The number of aryl methyl sites for hydroxylation is 2. The smallest absolute Gasteiger partial charge is 0.124 e. The fourth-order valence-electron chi connectivity index (χ4n) is 2.54. The van der Waals surface area contributed by atoms with Gasteiger partial charge < -0.3 is 10.1 Å². The molecule has 114 valence electrons. The molecule has 0 fully saturated rings. The van der Waals surface area contributed by atoms with E-state index >= 15 is 0 Å². The van der Waals surface area contributed by atoms with Gasteiger partial charge in [-0.2, -0.15) is 5.10 Å². The first-order valence-corrected chi connectivity index (χ1v) is 7.59. The normalized spacial score (nSPS) is 12.4. The minimum absolute atomic E-state index is 0.00796. The number of rotatable bonds is 6. The summed E-state index contributed by atoms with van der Waals surface area (Å²) in [6, 6.07) is 7.82. The van der Waals surface area contributed by atoms with E-state index in [4.69, 9.17) is 16.3 Å². The van der Waals surface area contributed by atoms with E-state index in [1.54, 1.807) is 7.11 Å².